The molecule has 0 saturated carbocycles. The van der Waals surface area contributed by atoms with Crippen LogP contribution in [0.1, 0.15) is 13.8 Å². The number of amides is 2. The third-order valence-electron chi connectivity index (χ3n) is 5.84. The summed E-state index contributed by atoms with van der Waals surface area (Å²) in [6.07, 6.45) is -0.688. The summed E-state index contributed by atoms with van der Waals surface area (Å²) < 4.78 is 20.5. The molecule has 2 aliphatic heterocycles. The minimum atomic E-state index is -1.88. The van der Waals surface area contributed by atoms with Crippen LogP contribution in [0.5, 0.6) is 0 Å². The standard InChI is InChI=1S/C22H19ClFN3O8S.2Na/c1-3-25-6-15(18(29)11-4-13(24)12(23)5-14(11)25)26(22(33)34)17-19(30)27-16(21(31)32)10(7-35-9(2)28)8-36-20(17)27;;/h4-6,17,20H,3,7-8H2,1-2H3,(H,31,32)(H,33,34);;/q;2*+1/p-2/t17-,20-;;/m1../s1. The van der Waals surface area contributed by atoms with Crippen molar-refractivity contribution in [1.82, 2.24) is 9.47 Å². The smallest absolute Gasteiger partial charge is 0.543 e. The summed E-state index contributed by atoms with van der Waals surface area (Å²) in [5.74, 6) is -4.21. The Hall–Kier alpha value is -1.58. The first kappa shape index (κ1) is 32.6. The second kappa shape index (κ2) is 12.7. The Morgan fingerprint density at radius 2 is 1.89 bits per heavy atom. The number of carboxylic acid groups (broad SMARTS) is 2. The molecule has 11 nitrogen and oxygen atoms in total. The maximum atomic E-state index is 14.2. The zero-order valence-electron chi connectivity index (χ0n) is 20.8. The summed E-state index contributed by atoms with van der Waals surface area (Å²) in [5, 5.41) is 22.6. The molecule has 2 aromatic rings. The molecule has 0 N–H and O–H groups in total. The summed E-state index contributed by atoms with van der Waals surface area (Å²) in [7, 11) is 0. The monoisotopic (exact) mass is 583 g/mol. The van der Waals surface area contributed by atoms with E-state index in [1.54, 1.807) is 6.92 Å². The van der Waals surface area contributed by atoms with E-state index in [4.69, 9.17) is 16.3 Å². The van der Waals surface area contributed by atoms with E-state index < -0.39 is 64.6 Å². The van der Waals surface area contributed by atoms with E-state index in [9.17, 15) is 38.6 Å². The van der Waals surface area contributed by atoms with E-state index in [-0.39, 0.29) is 92.9 Å². The first-order chi connectivity index (χ1) is 17.0. The van der Waals surface area contributed by atoms with E-state index in [1.165, 1.54) is 16.8 Å². The number of fused-ring (bicyclic) bond motifs is 2. The van der Waals surface area contributed by atoms with Crippen molar-refractivity contribution < 1.29 is 97.6 Å². The van der Waals surface area contributed by atoms with Gasteiger partial charge in [-0.1, -0.05) is 11.6 Å². The Balaban J connectivity index is 0.00000253. The van der Waals surface area contributed by atoms with Crippen LogP contribution < -0.4 is 79.7 Å². The van der Waals surface area contributed by atoms with E-state index in [1.807, 2.05) is 0 Å². The van der Waals surface area contributed by atoms with E-state index in [0.717, 1.165) is 29.7 Å². The number of thioether (sulfide) groups is 1. The van der Waals surface area contributed by atoms with Crippen LogP contribution in [0.3, 0.4) is 0 Å². The van der Waals surface area contributed by atoms with Gasteiger partial charge in [-0.2, -0.15) is 0 Å². The molecular weight excluding hydrogens is 567 g/mol. The molecule has 2 amide bonds. The number of carboxylic acids is 1. The van der Waals surface area contributed by atoms with Crippen molar-refractivity contribution in [3.63, 3.8) is 0 Å². The number of anilines is 1. The summed E-state index contributed by atoms with van der Waals surface area (Å²) in [4.78, 5) is 62.8. The topological polar surface area (TPSA) is 152 Å². The molecule has 4 rings (SSSR count). The van der Waals surface area contributed by atoms with Gasteiger partial charge < -0.3 is 34.0 Å². The zero-order chi connectivity index (χ0) is 26.5. The second-order valence-electron chi connectivity index (χ2n) is 7.92. The van der Waals surface area contributed by atoms with Gasteiger partial charge in [0, 0.05) is 31.0 Å². The van der Waals surface area contributed by atoms with Gasteiger partial charge in [0.1, 0.15) is 35.6 Å². The van der Waals surface area contributed by atoms with Crippen molar-refractivity contribution >= 4 is 63.9 Å². The van der Waals surface area contributed by atoms with Gasteiger partial charge in [-0.05, 0) is 19.1 Å². The van der Waals surface area contributed by atoms with Crippen LogP contribution in [0.25, 0.3) is 10.9 Å². The van der Waals surface area contributed by atoms with Crippen LogP contribution in [0.15, 0.2) is 34.4 Å². The number of carbonyl (C=O) groups excluding carboxylic acids is 4. The number of carbonyl (C=O) groups is 4. The molecule has 0 unspecified atom stereocenters. The van der Waals surface area contributed by atoms with Crippen molar-refractivity contribution in [3.05, 3.63) is 50.7 Å². The number of nitrogens with zero attached hydrogens (tertiary/aromatic N) is 3. The Morgan fingerprint density at radius 3 is 2.45 bits per heavy atom. The number of aliphatic carboxylic acids is 1. The molecule has 38 heavy (non-hydrogen) atoms. The minimum Gasteiger partial charge on any atom is -0.543 e. The number of aryl methyl sites for hydroxylation is 1. The largest absolute Gasteiger partial charge is 1.00 e. The fourth-order valence-electron chi connectivity index (χ4n) is 4.22. The molecular formula is C22H17ClFN3Na2O8S. The molecule has 0 aliphatic carbocycles. The van der Waals surface area contributed by atoms with Gasteiger partial charge in [0.15, 0.2) is 0 Å². The number of ether oxygens (including phenoxy) is 1. The van der Waals surface area contributed by atoms with Gasteiger partial charge in [-0.15, -0.1) is 11.8 Å². The van der Waals surface area contributed by atoms with Crippen molar-refractivity contribution in [3.8, 4) is 0 Å². The molecule has 2 atom stereocenters. The number of halogens is 2. The third-order valence-corrected chi connectivity index (χ3v) is 7.46. The molecule has 1 saturated heterocycles. The number of β-lactam (4-membered cyclic amide) rings is 1. The number of pyridine rings is 1. The van der Waals surface area contributed by atoms with Crippen molar-refractivity contribution in [2.45, 2.75) is 31.8 Å². The molecule has 190 valence electrons. The van der Waals surface area contributed by atoms with Gasteiger partial charge in [0.25, 0.3) is 5.91 Å². The van der Waals surface area contributed by atoms with Gasteiger partial charge >= 0.3 is 65.1 Å². The Labute approximate surface area is 268 Å². The van der Waals surface area contributed by atoms with Crippen molar-refractivity contribution in [1.29, 1.82) is 0 Å². The third kappa shape index (κ3) is 5.66. The normalized spacial score (nSPS) is 18.1. The summed E-state index contributed by atoms with van der Waals surface area (Å²) >= 11 is 6.86. The molecule has 1 aromatic heterocycles. The molecule has 16 heteroatoms. The fourth-order valence-corrected chi connectivity index (χ4v) is 5.75. The van der Waals surface area contributed by atoms with E-state index in [2.05, 4.69) is 0 Å². The molecule has 1 aromatic carbocycles. The summed E-state index contributed by atoms with van der Waals surface area (Å²) in [5.41, 5.74) is -1.52. The SMILES string of the molecule is CCn1cc(N(C(=O)[O-])[C@@H]2C(=O)N3C(C(=O)[O-])=C(COC(C)=O)CS[C@H]23)c(=O)c2cc(F)c(Cl)cc21.[Na+].[Na+]. The Kier molecular flexibility index (Phi) is 10.9. The van der Waals surface area contributed by atoms with E-state index in [0.29, 0.717) is 4.90 Å². The first-order valence-corrected chi connectivity index (χ1v) is 11.9. The molecule has 1 fully saturated rings. The van der Waals surface area contributed by atoms with Crippen molar-refractivity contribution in [2.75, 3.05) is 17.3 Å². The summed E-state index contributed by atoms with van der Waals surface area (Å²) in [6, 6.07) is 0.613. The van der Waals surface area contributed by atoms with E-state index >= 15 is 0 Å². The number of benzene rings is 1. The predicted octanol–water partition coefficient (Wildman–Crippen LogP) is -6.18. The maximum absolute atomic E-state index is 14.2. The molecule has 3 heterocycles. The van der Waals surface area contributed by atoms with Gasteiger partial charge in [-0.25, -0.2) is 4.39 Å². The number of aromatic nitrogens is 1. The van der Waals surface area contributed by atoms with Crippen LogP contribution in [0.4, 0.5) is 14.9 Å². The van der Waals surface area contributed by atoms with Crippen LogP contribution in [0.2, 0.25) is 5.02 Å². The van der Waals surface area contributed by atoms with Crippen LogP contribution >= 0.6 is 23.4 Å². The molecule has 0 spiro atoms. The second-order valence-corrected chi connectivity index (χ2v) is 9.44. The zero-order valence-corrected chi connectivity index (χ0v) is 26.4. The number of hydrogen-bond donors (Lipinski definition) is 0. The van der Waals surface area contributed by atoms with Crippen LogP contribution in [-0.2, 0) is 25.7 Å². The Morgan fingerprint density at radius 1 is 1.24 bits per heavy atom. The number of esters is 1. The van der Waals surface area contributed by atoms with Crippen LogP contribution in [-0.4, -0.2) is 57.2 Å². The molecule has 0 radical (unpaired) electrons. The Bertz CT molecular complexity index is 1440. The molecule has 0 bridgehead atoms. The van der Waals surface area contributed by atoms with Gasteiger partial charge in [-0.3, -0.25) is 19.3 Å². The summed E-state index contributed by atoms with van der Waals surface area (Å²) in [6.45, 7) is 2.68. The first-order valence-electron chi connectivity index (χ1n) is 10.5. The maximum Gasteiger partial charge on any atom is 1.00 e. The molecule has 2 aliphatic rings. The van der Waals surface area contributed by atoms with Gasteiger partial charge in [0.2, 0.25) is 5.43 Å². The number of rotatable bonds is 6. The van der Waals surface area contributed by atoms with Crippen LogP contribution in [0, 0.1) is 5.82 Å². The average molecular weight is 584 g/mol. The predicted molar refractivity (Wildman–Crippen MR) is 122 cm³/mol. The minimum absolute atomic E-state index is 0. The van der Waals surface area contributed by atoms with Gasteiger partial charge in [0.05, 0.1) is 27.6 Å². The number of hydrogen-bond acceptors (Lipinski definition) is 9. The quantitative estimate of drug-likeness (QED) is 0.184. The van der Waals surface area contributed by atoms with Crippen molar-refractivity contribution in [2.24, 2.45) is 0 Å². The average Bonchev–Trinajstić information content (AvgIpc) is 2.82. The fraction of sp³-hybridized carbons (Fsp3) is 0.318.